The molecule has 1 N–H and O–H groups in total. The third kappa shape index (κ3) is 5.36. The van der Waals surface area contributed by atoms with Crippen LogP contribution in [-0.2, 0) is 14.3 Å². The van der Waals surface area contributed by atoms with Gasteiger partial charge in [-0.3, -0.25) is 4.79 Å². The van der Waals surface area contributed by atoms with Crippen molar-refractivity contribution in [2.24, 2.45) is 0 Å². The topological polar surface area (TPSA) is 88.4 Å². The molecule has 0 heterocycles. The summed E-state index contributed by atoms with van der Waals surface area (Å²) in [6, 6.07) is 15.8. The summed E-state index contributed by atoms with van der Waals surface area (Å²) in [7, 11) is 0. The number of hydrogen-bond acceptors (Lipinski definition) is 5. The quantitative estimate of drug-likeness (QED) is 0.818. The van der Waals surface area contributed by atoms with Crippen LogP contribution in [0, 0.1) is 18.3 Å². The molecule has 0 aliphatic rings. The zero-order chi connectivity index (χ0) is 18.2. The predicted octanol–water partition coefficient (Wildman–Crippen LogP) is 2.82. The second-order valence-electron chi connectivity index (χ2n) is 5.39. The lowest BCUT2D eigenvalue weighted by Gasteiger charge is -2.14. The molecule has 0 saturated carbocycles. The van der Waals surface area contributed by atoms with E-state index in [1.807, 2.05) is 31.2 Å². The average Bonchev–Trinajstić information content (AvgIpc) is 2.60. The van der Waals surface area contributed by atoms with Crippen molar-refractivity contribution in [1.82, 2.24) is 0 Å². The van der Waals surface area contributed by atoms with Gasteiger partial charge in [0, 0.05) is 5.69 Å². The van der Waals surface area contributed by atoms with Crippen LogP contribution < -0.4 is 10.1 Å². The van der Waals surface area contributed by atoms with Crippen molar-refractivity contribution in [3.8, 4) is 11.8 Å². The molecule has 0 saturated heterocycles. The number of nitrogens with one attached hydrogen (secondary N) is 1. The van der Waals surface area contributed by atoms with Gasteiger partial charge in [0.1, 0.15) is 11.8 Å². The highest BCUT2D eigenvalue weighted by Gasteiger charge is 2.18. The Hall–Kier alpha value is -3.33. The van der Waals surface area contributed by atoms with Gasteiger partial charge in [-0.1, -0.05) is 24.3 Å². The number of aryl methyl sites for hydroxylation is 1. The highest BCUT2D eigenvalue weighted by Crippen LogP contribution is 2.16. The summed E-state index contributed by atoms with van der Waals surface area (Å²) in [5, 5.41) is 11.6. The van der Waals surface area contributed by atoms with Crippen molar-refractivity contribution in [1.29, 1.82) is 5.26 Å². The number of esters is 1. The summed E-state index contributed by atoms with van der Waals surface area (Å²) < 4.78 is 10.3. The van der Waals surface area contributed by atoms with Gasteiger partial charge in [0.25, 0.3) is 5.91 Å². The first-order valence-electron chi connectivity index (χ1n) is 7.68. The van der Waals surface area contributed by atoms with E-state index < -0.39 is 18.0 Å². The van der Waals surface area contributed by atoms with Crippen LogP contribution in [0.4, 0.5) is 5.69 Å². The van der Waals surface area contributed by atoms with Crippen molar-refractivity contribution in [3.05, 3.63) is 59.7 Å². The van der Waals surface area contributed by atoms with Gasteiger partial charge in [-0.05, 0) is 43.7 Å². The maximum absolute atomic E-state index is 12.1. The fourth-order valence-electron chi connectivity index (χ4n) is 2.07. The molecule has 0 aromatic heterocycles. The number of nitriles is 1. The Kier molecular flexibility index (Phi) is 6.13. The molecular weight excluding hydrogens is 320 g/mol. The van der Waals surface area contributed by atoms with E-state index in [0.717, 1.165) is 5.56 Å². The Morgan fingerprint density at radius 1 is 1.20 bits per heavy atom. The van der Waals surface area contributed by atoms with Gasteiger partial charge in [0.15, 0.2) is 12.7 Å². The molecule has 0 spiro atoms. The summed E-state index contributed by atoms with van der Waals surface area (Å²) in [6.45, 7) is 3.00. The van der Waals surface area contributed by atoms with Crippen LogP contribution >= 0.6 is 0 Å². The van der Waals surface area contributed by atoms with Crippen molar-refractivity contribution >= 4 is 17.6 Å². The molecule has 6 nitrogen and oxygen atoms in total. The second kappa shape index (κ2) is 8.50. The van der Waals surface area contributed by atoms with Crippen LogP contribution in [-0.4, -0.2) is 24.6 Å². The van der Waals surface area contributed by atoms with E-state index in [2.05, 4.69) is 5.32 Å². The molecule has 0 bridgehead atoms. The van der Waals surface area contributed by atoms with E-state index in [1.165, 1.54) is 6.92 Å². The summed E-state index contributed by atoms with van der Waals surface area (Å²) >= 11 is 0. The number of anilines is 1. The number of hydrogen-bond donors (Lipinski definition) is 1. The monoisotopic (exact) mass is 338 g/mol. The van der Waals surface area contributed by atoms with Gasteiger partial charge >= 0.3 is 5.97 Å². The minimum Gasteiger partial charge on any atom is -0.481 e. The van der Waals surface area contributed by atoms with Crippen LogP contribution in [0.5, 0.6) is 5.75 Å². The molecule has 0 fully saturated rings. The first-order chi connectivity index (χ1) is 12.0. The number of rotatable bonds is 6. The zero-order valence-electron chi connectivity index (χ0n) is 14.0. The van der Waals surface area contributed by atoms with Crippen LogP contribution in [0.1, 0.15) is 18.1 Å². The Labute approximate surface area is 146 Å². The van der Waals surface area contributed by atoms with Crippen molar-refractivity contribution in [2.75, 3.05) is 11.9 Å². The molecule has 2 aromatic carbocycles. The molecule has 2 aromatic rings. The molecule has 25 heavy (non-hydrogen) atoms. The summed E-state index contributed by atoms with van der Waals surface area (Å²) in [6.07, 6.45) is -0.970. The van der Waals surface area contributed by atoms with Crippen LogP contribution in [0.15, 0.2) is 48.5 Å². The number of para-hydroxylation sites is 1. The first kappa shape index (κ1) is 18.0. The minimum atomic E-state index is -0.970. The Bertz CT molecular complexity index is 811. The average molecular weight is 338 g/mol. The minimum absolute atomic E-state index is 0.291. The molecule has 1 atom stereocenters. The first-order valence-corrected chi connectivity index (χ1v) is 7.68. The molecule has 6 heteroatoms. The van der Waals surface area contributed by atoms with Gasteiger partial charge in [-0.15, -0.1) is 0 Å². The third-order valence-corrected chi connectivity index (χ3v) is 3.32. The lowest BCUT2D eigenvalue weighted by Crippen LogP contribution is -2.31. The summed E-state index contributed by atoms with van der Waals surface area (Å²) in [5.74, 6) is -0.838. The van der Waals surface area contributed by atoms with Crippen LogP contribution in [0.25, 0.3) is 0 Å². The maximum Gasteiger partial charge on any atom is 0.344 e. The molecule has 2 rings (SSSR count). The van der Waals surface area contributed by atoms with E-state index in [1.54, 1.807) is 30.3 Å². The van der Waals surface area contributed by atoms with E-state index in [4.69, 9.17) is 14.7 Å². The summed E-state index contributed by atoms with van der Waals surface area (Å²) in [5.41, 5.74) is 1.96. The van der Waals surface area contributed by atoms with Gasteiger partial charge in [-0.25, -0.2) is 4.79 Å². The Morgan fingerprint density at radius 3 is 2.68 bits per heavy atom. The number of ether oxygens (including phenoxy) is 2. The smallest absolute Gasteiger partial charge is 0.344 e. The largest absolute Gasteiger partial charge is 0.481 e. The number of nitrogens with zero attached hydrogens (tertiary/aromatic N) is 1. The van der Waals surface area contributed by atoms with Crippen molar-refractivity contribution in [3.63, 3.8) is 0 Å². The SMILES string of the molecule is Cc1cccc(NC(=O)[C@H](C)OC(=O)COc2ccccc2C#N)c1. The normalized spacial score (nSPS) is 11.1. The molecule has 0 aliphatic heterocycles. The fourth-order valence-corrected chi connectivity index (χ4v) is 2.07. The summed E-state index contributed by atoms with van der Waals surface area (Å²) in [4.78, 5) is 23.9. The number of amides is 1. The fraction of sp³-hybridized carbons (Fsp3) is 0.211. The molecule has 1 amide bonds. The van der Waals surface area contributed by atoms with Crippen LogP contribution in [0.2, 0.25) is 0 Å². The number of carbonyl (C=O) groups is 2. The zero-order valence-corrected chi connectivity index (χ0v) is 14.0. The van der Waals surface area contributed by atoms with Gasteiger partial charge in [0.2, 0.25) is 0 Å². The van der Waals surface area contributed by atoms with Gasteiger partial charge in [0.05, 0.1) is 5.56 Å². The molecular formula is C19H18N2O4. The lowest BCUT2D eigenvalue weighted by molar-refractivity contribution is -0.155. The Morgan fingerprint density at radius 2 is 1.96 bits per heavy atom. The molecule has 128 valence electrons. The van der Waals surface area contributed by atoms with Crippen molar-refractivity contribution < 1.29 is 19.1 Å². The Balaban J connectivity index is 1.85. The number of benzene rings is 2. The van der Waals surface area contributed by atoms with E-state index in [0.29, 0.717) is 17.0 Å². The molecule has 0 radical (unpaired) electrons. The third-order valence-electron chi connectivity index (χ3n) is 3.32. The highest BCUT2D eigenvalue weighted by atomic mass is 16.6. The van der Waals surface area contributed by atoms with Crippen molar-refractivity contribution in [2.45, 2.75) is 20.0 Å². The molecule has 0 aliphatic carbocycles. The van der Waals surface area contributed by atoms with Gasteiger partial charge < -0.3 is 14.8 Å². The van der Waals surface area contributed by atoms with E-state index in [-0.39, 0.29) is 6.61 Å². The van der Waals surface area contributed by atoms with Gasteiger partial charge in [-0.2, -0.15) is 5.26 Å². The van der Waals surface area contributed by atoms with Crippen LogP contribution in [0.3, 0.4) is 0 Å². The highest BCUT2D eigenvalue weighted by molar-refractivity contribution is 5.95. The second-order valence-corrected chi connectivity index (χ2v) is 5.39. The van der Waals surface area contributed by atoms with E-state index >= 15 is 0 Å². The van der Waals surface area contributed by atoms with E-state index in [9.17, 15) is 9.59 Å². The number of carbonyl (C=O) groups excluding carboxylic acids is 2. The lowest BCUT2D eigenvalue weighted by atomic mass is 10.2. The predicted molar refractivity (Wildman–Crippen MR) is 92.0 cm³/mol. The molecule has 0 unspecified atom stereocenters. The maximum atomic E-state index is 12.1. The standard InChI is InChI=1S/C19H18N2O4/c1-13-6-5-8-16(10-13)21-19(23)14(2)25-18(22)12-24-17-9-4-3-7-15(17)11-20/h3-10,14H,12H2,1-2H3,(H,21,23)/t14-/m0/s1.